The first-order valence-electron chi connectivity index (χ1n) is 9.69. The summed E-state index contributed by atoms with van der Waals surface area (Å²) in [4.78, 5) is 36.8. The number of nitro groups is 1. The summed E-state index contributed by atoms with van der Waals surface area (Å²) in [7, 11) is 0. The van der Waals surface area contributed by atoms with E-state index in [0.717, 1.165) is 42.5 Å². The van der Waals surface area contributed by atoms with Crippen LogP contribution in [0.3, 0.4) is 0 Å². The van der Waals surface area contributed by atoms with E-state index < -0.39 is 10.8 Å². The SMILES string of the molecule is CC1CCN(c2ccc(NC(=O)CSc3ccc(C(N)=O)cc3[N+](=O)[O-])cc2)CC1. The minimum Gasteiger partial charge on any atom is -0.372 e. The van der Waals surface area contributed by atoms with Gasteiger partial charge in [0.25, 0.3) is 5.69 Å². The lowest BCUT2D eigenvalue weighted by atomic mass is 9.99. The van der Waals surface area contributed by atoms with E-state index in [4.69, 9.17) is 5.73 Å². The number of nitrogens with zero attached hydrogens (tertiary/aromatic N) is 2. The number of nitrogens with one attached hydrogen (secondary N) is 1. The van der Waals surface area contributed by atoms with Gasteiger partial charge in [0, 0.05) is 36.1 Å². The first-order valence-corrected chi connectivity index (χ1v) is 10.7. The van der Waals surface area contributed by atoms with Gasteiger partial charge in [-0.3, -0.25) is 19.7 Å². The summed E-state index contributed by atoms with van der Waals surface area (Å²) in [5.74, 6) is -0.245. The third kappa shape index (κ3) is 5.50. The zero-order valence-electron chi connectivity index (χ0n) is 16.7. The molecule has 0 unspecified atom stereocenters. The minimum atomic E-state index is -0.741. The molecule has 1 aliphatic heterocycles. The van der Waals surface area contributed by atoms with Crippen molar-refractivity contribution in [2.75, 3.05) is 29.1 Å². The van der Waals surface area contributed by atoms with E-state index in [2.05, 4.69) is 17.1 Å². The van der Waals surface area contributed by atoms with Gasteiger partial charge in [-0.25, -0.2) is 0 Å². The first kappa shape index (κ1) is 21.6. The number of benzene rings is 2. The molecule has 8 nitrogen and oxygen atoms in total. The van der Waals surface area contributed by atoms with Crippen LogP contribution in [0, 0.1) is 16.0 Å². The standard InChI is InChI=1S/C21H24N4O4S/c1-14-8-10-24(11-9-14)17-5-3-16(4-6-17)23-20(26)13-30-19-7-2-15(21(22)27)12-18(19)25(28)29/h2-7,12,14H,8-11,13H2,1H3,(H2,22,27)(H,23,26). The van der Waals surface area contributed by atoms with Crippen molar-refractivity contribution in [1.82, 2.24) is 0 Å². The monoisotopic (exact) mass is 428 g/mol. The van der Waals surface area contributed by atoms with Crippen molar-refractivity contribution in [2.45, 2.75) is 24.7 Å². The molecule has 0 saturated carbocycles. The number of amides is 2. The van der Waals surface area contributed by atoms with Gasteiger partial charge in [-0.1, -0.05) is 6.92 Å². The molecule has 158 valence electrons. The molecule has 3 N–H and O–H groups in total. The molecule has 30 heavy (non-hydrogen) atoms. The fourth-order valence-electron chi connectivity index (χ4n) is 3.30. The largest absolute Gasteiger partial charge is 0.372 e. The van der Waals surface area contributed by atoms with Crippen molar-refractivity contribution in [3.63, 3.8) is 0 Å². The topological polar surface area (TPSA) is 119 Å². The first-order chi connectivity index (χ1) is 14.3. The summed E-state index contributed by atoms with van der Waals surface area (Å²) in [5.41, 5.74) is 6.79. The Morgan fingerprint density at radius 3 is 2.47 bits per heavy atom. The summed E-state index contributed by atoms with van der Waals surface area (Å²) in [6.07, 6.45) is 2.37. The summed E-state index contributed by atoms with van der Waals surface area (Å²) >= 11 is 1.04. The molecule has 1 saturated heterocycles. The third-order valence-electron chi connectivity index (χ3n) is 5.10. The number of carbonyl (C=O) groups excluding carboxylic acids is 2. The Morgan fingerprint density at radius 2 is 1.87 bits per heavy atom. The smallest absolute Gasteiger partial charge is 0.283 e. The number of rotatable bonds is 7. The quantitative estimate of drug-likeness (QED) is 0.395. The third-order valence-corrected chi connectivity index (χ3v) is 6.16. The summed E-state index contributed by atoms with van der Waals surface area (Å²) in [5, 5.41) is 14.1. The van der Waals surface area contributed by atoms with Crippen molar-refractivity contribution < 1.29 is 14.5 Å². The number of nitro benzene ring substituents is 1. The van der Waals surface area contributed by atoms with Gasteiger partial charge >= 0.3 is 0 Å². The van der Waals surface area contributed by atoms with Gasteiger partial charge < -0.3 is 16.0 Å². The van der Waals surface area contributed by atoms with Crippen LogP contribution in [0.4, 0.5) is 17.1 Å². The molecular weight excluding hydrogens is 404 g/mol. The van der Waals surface area contributed by atoms with E-state index in [1.165, 1.54) is 25.0 Å². The maximum Gasteiger partial charge on any atom is 0.283 e. The van der Waals surface area contributed by atoms with E-state index in [1.54, 1.807) is 0 Å². The predicted molar refractivity (Wildman–Crippen MR) is 118 cm³/mol. The number of hydrogen-bond donors (Lipinski definition) is 2. The Bertz CT molecular complexity index is 941. The number of primary amides is 1. The van der Waals surface area contributed by atoms with Gasteiger partial charge in [0.15, 0.2) is 0 Å². The summed E-state index contributed by atoms with van der Waals surface area (Å²) < 4.78 is 0. The second-order valence-corrected chi connectivity index (χ2v) is 8.37. The Kier molecular flexibility index (Phi) is 6.94. The molecule has 0 aromatic heterocycles. The van der Waals surface area contributed by atoms with E-state index >= 15 is 0 Å². The molecule has 0 aliphatic carbocycles. The highest BCUT2D eigenvalue weighted by atomic mass is 32.2. The Balaban J connectivity index is 1.57. The van der Waals surface area contributed by atoms with Crippen molar-refractivity contribution >= 4 is 40.6 Å². The molecule has 3 rings (SSSR count). The average Bonchev–Trinajstić information content (AvgIpc) is 2.73. The number of hydrogen-bond acceptors (Lipinski definition) is 6. The Labute approximate surface area is 179 Å². The minimum absolute atomic E-state index is 0.00250. The highest BCUT2D eigenvalue weighted by molar-refractivity contribution is 8.00. The predicted octanol–water partition coefficient (Wildman–Crippen LogP) is 3.66. The zero-order chi connectivity index (χ0) is 21.7. The van der Waals surface area contributed by atoms with E-state index in [1.807, 2.05) is 24.3 Å². The van der Waals surface area contributed by atoms with Crippen molar-refractivity contribution in [2.24, 2.45) is 11.7 Å². The van der Waals surface area contributed by atoms with Gasteiger partial charge in [0.2, 0.25) is 11.8 Å². The van der Waals surface area contributed by atoms with Crippen LogP contribution in [-0.2, 0) is 4.79 Å². The van der Waals surface area contributed by atoms with Crippen LogP contribution in [0.15, 0.2) is 47.4 Å². The normalized spacial score (nSPS) is 14.4. The summed E-state index contributed by atoms with van der Waals surface area (Å²) in [6.45, 7) is 4.35. The number of nitrogens with two attached hydrogens (primary N) is 1. The molecule has 2 aromatic carbocycles. The molecule has 2 aromatic rings. The molecule has 1 fully saturated rings. The fourth-order valence-corrected chi connectivity index (χ4v) is 4.10. The van der Waals surface area contributed by atoms with Crippen LogP contribution in [0.2, 0.25) is 0 Å². The van der Waals surface area contributed by atoms with Gasteiger partial charge in [-0.15, -0.1) is 11.8 Å². The Hall–Kier alpha value is -3.07. The average molecular weight is 429 g/mol. The van der Waals surface area contributed by atoms with Crippen molar-refractivity contribution in [1.29, 1.82) is 0 Å². The second kappa shape index (κ2) is 9.62. The zero-order valence-corrected chi connectivity index (χ0v) is 17.5. The maximum atomic E-state index is 12.3. The lowest BCUT2D eigenvalue weighted by Crippen LogP contribution is -2.32. The lowest BCUT2D eigenvalue weighted by Gasteiger charge is -2.32. The molecule has 0 spiro atoms. The molecule has 1 aliphatic rings. The van der Waals surface area contributed by atoms with Crippen molar-refractivity contribution in [3.05, 3.63) is 58.1 Å². The molecule has 1 heterocycles. The molecule has 0 bridgehead atoms. The van der Waals surface area contributed by atoms with Crippen LogP contribution >= 0.6 is 11.8 Å². The molecule has 0 atom stereocenters. The van der Waals surface area contributed by atoms with Crippen molar-refractivity contribution in [3.8, 4) is 0 Å². The highest BCUT2D eigenvalue weighted by Gasteiger charge is 2.18. The molecular formula is C21H24N4O4S. The van der Waals surface area contributed by atoms with Crippen LogP contribution < -0.4 is 16.0 Å². The van der Waals surface area contributed by atoms with Crippen LogP contribution in [0.1, 0.15) is 30.1 Å². The molecule has 9 heteroatoms. The van der Waals surface area contributed by atoms with E-state index in [9.17, 15) is 19.7 Å². The van der Waals surface area contributed by atoms with Gasteiger partial charge in [0.1, 0.15) is 0 Å². The van der Waals surface area contributed by atoms with E-state index in [0.29, 0.717) is 10.6 Å². The number of anilines is 2. The fraction of sp³-hybridized carbons (Fsp3) is 0.333. The van der Waals surface area contributed by atoms with Gasteiger partial charge in [-0.05, 0) is 55.2 Å². The van der Waals surface area contributed by atoms with Crippen LogP contribution in [0.5, 0.6) is 0 Å². The lowest BCUT2D eigenvalue weighted by molar-refractivity contribution is -0.387. The summed E-state index contributed by atoms with van der Waals surface area (Å²) in [6, 6.07) is 11.7. The number of carbonyl (C=O) groups is 2. The van der Waals surface area contributed by atoms with Gasteiger partial charge in [0.05, 0.1) is 15.6 Å². The number of thioether (sulfide) groups is 1. The maximum absolute atomic E-state index is 12.3. The Morgan fingerprint density at radius 1 is 1.20 bits per heavy atom. The van der Waals surface area contributed by atoms with Crippen LogP contribution in [0.25, 0.3) is 0 Å². The second-order valence-electron chi connectivity index (χ2n) is 7.36. The molecule has 2 amide bonds. The number of piperidine rings is 1. The van der Waals surface area contributed by atoms with Crippen LogP contribution in [-0.4, -0.2) is 35.6 Å². The highest BCUT2D eigenvalue weighted by Crippen LogP contribution is 2.30. The van der Waals surface area contributed by atoms with E-state index in [-0.39, 0.29) is 22.9 Å². The van der Waals surface area contributed by atoms with Gasteiger partial charge in [-0.2, -0.15) is 0 Å². The molecule has 0 radical (unpaired) electrons.